The number of nitrogens with zero attached hydrogens (tertiary/aromatic N) is 1. The van der Waals surface area contributed by atoms with Crippen LogP contribution in [-0.2, 0) is 16.0 Å². The molecule has 2 N–H and O–H groups in total. The molecule has 10 heteroatoms. The quantitative estimate of drug-likeness (QED) is 0.168. The topological polar surface area (TPSA) is 115 Å². The third-order valence-electron chi connectivity index (χ3n) is 10.3. The first-order chi connectivity index (χ1) is 25.1. The fourth-order valence-electron chi connectivity index (χ4n) is 8.02. The number of benzene rings is 3. The molecule has 274 valence electrons. The van der Waals surface area contributed by atoms with Gasteiger partial charge in [-0.1, -0.05) is 50.2 Å². The zero-order valence-electron chi connectivity index (χ0n) is 31.1. The van der Waals surface area contributed by atoms with E-state index in [1.54, 1.807) is 40.6 Å². The van der Waals surface area contributed by atoms with Crippen molar-refractivity contribution in [3.63, 3.8) is 0 Å². The first-order valence-corrected chi connectivity index (χ1v) is 18.0. The number of rotatable bonds is 11. The monoisotopic (exact) mass is 707 g/mol. The van der Waals surface area contributed by atoms with Gasteiger partial charge in [-0.2, -0.15) is 0 Å². The molecular formula is C42H49N3O7. The van der Waals surface area contributed by atoms with Gasteiger partial charge in [-0.05, 0) is 89.9 Å². The maximum absolute atomic E-state index is 14.6. The van der Waals surface area contributed by atoms with Crippen molar-refractivity contribution in [1.29, 1.82) is 0 Å². The second kappa shape index (κ2) is 15.6. The molecule has 1 heterocycles. The van der Waals surface area contributed by atoms with Crippen LogP contribution >= 0.6 is 0 Å². The summed E-state index contributed by atoms with van der Waals surface area (Å²) in [4.78, 5) is 43.2. The number of anilines is 1. The number of amides is 2. The molecule has 52 heavy (non-hydrogen) atoms. The van der Waals surface area contributed by atoms with Gasteiger partial charge in [0, 0.05) is 24.4 Å². The van der Waals surface area contributed by atoms with E-state index in [2.05, 4.69) is 36.6 Å². The van der Waals surface area contributed by atoms with E-state index in [4.69, 9.17) is 18.9 Å². The SMILES string of the molecule is COc1cc2c(c(OC)c1OC)-c1ccc(NC(CC(C)C)C(=O)N3CCCC3c3ccc(OC)c4ccccc34)c(=O)cc1C(NC(C)=O)CC2. The smallest absolute Gasteiger partial charge is 0.245 e. The van der Waals surface area contributed by atoms with Crippen molar-refractivity contribution in [1.82, 2.24) is 10.2 Å². The Kier molecular flexibility index (Phi) is 10.9. The average molecular weight is 708 g/mol. The summed E-state index contributed by atoms with van der Waals surface area (Å²) in [6.07, 6.45) is 3.40. The van der Waals surface area contributed by atoms with Gasteiger partial charge in [-0.25, -0.2) is 0 Å². The Hall–Kier alpha value is -5.25. The molecule has 0 saturated carbocycles. The zero-order chi connectivity index (χ0) is 37.1. The molecule has 1 fully saturated rings. The van der Waals surface area contributed by atoms with E-state index in [0.29, 0.717) is 54.3 Å². The van der Waals surface area contributed by atoms with Gasteiger partial charge in [-0.3, -0.25) is 14.4 Å². The van der Waals surface area contributed by atoms with Gasteiger partial charge >= 0.3 is 0 Å². The van der Waals surface area contributed by atoms with Gasteiger partial charge in [0.2, 0.25) is 23.0 Å². The highest BCUT2D eigenvalue weighted by molar-refractivity contribution is 5.93. The van der Waals surface area contributed by atoms with Crippen molar-refractivity contribution in [3.05, 3.63) is 87.6 Å². The predicted octanol–water partition coefficient (Wildman–Crippen LogP) is 7.22. The normalized spacial score (nSPS) is 17.1. The maximum atomic E-state index is 14.6. The maximum Gasteiger partial charge on any atom is 0.245 e. The van der Waals surface area contributed by atoms with Gasteiger partial charge < -0.3 is 34.5 Å². The average Bonchev–Trinajstić information content (AvgIpc) is 3.51. The Morgan fingerprint density at radius 2 is 1.58 bits per heavy atom. The molecule has 1 aliphatic heterocycles. The first kappa shape index (κ1) is 36.5. The van der Waals surface area contributed by atoms with Crippen LogP contribution in [0.4, 0.5) is 5.69 Å². The minimum absolute atomic E-state index is 0.0384. The van der Waals surface area contributed by atoms with Crippen LogP contribution in [0.5, 0.6) is 23.0 Å². The minimum atomic E-state index is -0.641. The Morgan fingerprint density at radius 3 is 2.25 bits per heavy atom. The number of hydrogen-bond donors (Lipinski definition) is 2. The van der Waals surface area contributed by atoms with Crippen LogP contribution in [0, 0.1) is 5.92 Å². The number of aryl methyl sites for hydroxylation is 1. The number of ether oxygens (including phenoxy) is 4. The fourth-order valence-corrected chi connectivity index (χ4v) is 8.02. The standard InChI is InChI=1S/C42H49N3O7/c1-24(2)21-34(42(48)45-20-10-13-35(45)28-16-19-37(49-4)29-12-9-8-11-27(28)29)44-33-18-15-30-31(23-36(33)47)32(43-25(3)46)17-14-26-22-38(50-5)40(51-6)41(52-7)39(26)30/h8-9,11-12,15-16,18-19,22-24,32,34-35H,10,13-14,17,20-21H2,1-7H3,(H,43,46)(H,44,47). The number of hydrogen-bond acceptors (Lipinski definition) is 8. The molecule has 2 aliphatic rings. The summed E-state index contributed by atoms with van der Waals surface area (Å²) >= 11 is 0. The summed E-state index contributed by atoms with van der Waals surface area (Å²) in [5.74, 6) is 2.18. The van der Waals surface area contributed by atoms with Gasteiger partial charge in [0.25, 0.3) is 0 Å². The molecule has 10 nitrogen and oxygen atoms in total. The summed E-state index contributed by atoms with van der Waals surface area (Å²) < 4.78 is 23.0. The lowest BCUT2D eigenvalue weighted by atomic mass is 9.95. The van der Waals surface area contributed by atoms with Gasteiger partial charge in [-0.15, -0.1) is 0 Å². The lowest BCUT2D eigenvalue weighted by Crippen LogP contribution is -2.44. The minimum Gasteiger partial charge on any atom is -0.496 e. The lowest BCUT2D eigenvalue weighted by Gasteiger charge is -2.31. The van der Waals surface area contributed by atoms with Crippen molar-refractivity contribution < 1.29 is 28.5 Å². The molecule has 3 atom stereocenters. The van der Waals surface area contributed by atoms with Crippen molar-refractivity contribution >= 4 is 28.3 Å². The van der Waals surface area contributed by atoms with E-state index < -0.39 is 12.1 Å². The van der Waals surface area contributed by atoms with E-state index in [1.165, 1.54) is 6.92 Å². The summed E-state index contributed by atoms with van der Waals surface area (Å²) in [6.45, 7) is 6.26. The first-order valence-electron chi connectivity index (χ1n) is 18.0. The Morgan fingerprint density at radius 1 is 0.846 bits per heavy atom. The summed E-state index contributed by atoms with van der Waals surface area (Å²) in [6, 6.07) is 18.1. The predicted molar refractivity (Wildman–Crippen MR) is 204 cm³/mol. The van der Waals surface area contributed by atoms with E-state index in [1.807, 2.05) is 41.3 Å². The largest absolute Gasteiger partial charge is 0.496 e. The van der Waals surface area contributed by atoms with Crippen LogP contribution in [0.25, 0.3) is 21.9 Å². The molecule has 4 aromatic rings. The Bertz CT molecular complexity index is 2050. The number of methoxy groups -OCH3 is 4. The van der Waals surface area contributed by atoms with Crippen LogP contribution < -0.4 is 35.0 Å². The molecule has 3 unspecified atom stereocenters. The molecule has 0 aromatic heterocycles. The van der Waals surface area contributed by atoms with Crippen LogP contribution in [-0.4, -0.2) is 57.7 Å². The number of carbonyl (C=O) groups excluding carboxylic acids is 2. The molecule has 1 saturated heterocycles. The number of likely N-dealkylation sites (tertiary alicyclic amines) is 1. The van der Waals surface area contributed by atoms with Gasteiger partial charge in [0.15, 0.2) is 11.5 Å². The van der Waals surface area contributed by atoms with E-state index >= 15 is 0 Å². The van der Waals surface area contributed by atoms with Crippen molar-refractivity contribution in [2.45, 2.75) is 71.0 Å². The molecule has 1 aliphatic carbocycles. The molecule has 0 radical (unpaired) electrons. The summed E-state index contributed by atoms with van der Waals surface area (Å²) in [5, 5.41) is 8.54. The van der Waals surface area contributed by atoms with Crippen LogP contribution in [0.3, 0.4) is 0 Å². The van der Waals surface area contributed by atoms with Crippen molar-refractivity contribution in [2.24, 2.45) is 5.92 Å². The van der Waals surface area contributed by atoms with Crippen molar-refractivity contribution in [2.75, 3.05) is 40.3 Å². The van der Waals surface area contributed by atoms with Crippen molar-refractivity contribution in [3.8, 4) is 34.1 Å². The lowest BCUT2D eigenvalue weighted by molar-refractivity contribution is -0.133. The molecule has 0 bridgehead atoms. The Labute approximate surface area is 305 Å². The highest BCUT2D eigenvalue weighted by Crippen LogP contribution is 2.50. The van der Waals surface area contributed by atoms with E-state index in [9.17, 15) is 14.4 Å². The number of fused-ring (bicyclic) bond motifs is 4. The highest BCUT2D eigenvalue weighted by Gasteiger charge is 2.36. The summed E-state index contributed by atoms with van der Waals surface area (Å²) in [7, 11) is 6.38. The van der Waals surface area contributed by atoms with E-state index in [0.717, 1.165) is 51.6 Å². The molecule has 4 aromatic carbocycles. The second-order valence-corrected chi connectivity index (χ2v) is 14.0. The van der Waals surface area contributed by atoms with Gasteiger partial charge in [0.05, 0.1) is 46.2 Å². The summed E-state index contributed by atoms with van der Waals surface area (Å²) in [5.41, 5.74) is 4.22. The fraction of sp³-hybridized carbons (Fsp3) is 0.405. The van der Waals surface area contributed by atoms with Crippen LogP contribution in [0.15, 0.2) is 65.5 Å². The molecule has 2 amide bonds. The molecule has 0 spiro atoms. The highest BCUT2D eigenvalue weighted by atomic mass is 16.5. The number of nitrogens with one attached hydrogen (secondary N) is 2. The molecule has 6 rings (SSSR count). The molecular weight excluding hydrogens is 658 g/mol. The third-order valence-corrected chi connectivity index (χ3v) is 10.3. The Balaban J connectivity index is 1.42. The second-order valence-electron chi connectivity index (χ2n) is 14.0. The van der Waals surface area contributed by atoms with E-state index in [-0.39, 0.29) is 29.2 Å². The zero-order valence-corrected chi connectivity index (χ0v) is 31.1. The number of carbonyl (C=O) groups is 2. The van der Waals surface area contributed by atoms with Crippen LogP contribution in [0.1, 0.15) is 75.2 Å². The van der Waals surface area contributed by atoms with Crippen LogP contribution in [0.2, 0.25) is 0 Å². The van der Waals surface area contributed by atoms with Gasteiger partial charge in [0.1, 0.15) is 11.8 Å². The third kappa shape index (κ3) is 6.98.